The zero-order valence-electron chi connectivity index (χ0n) is 11.9. The molecule has 1 atom stereocenters. The van der Waals surface area contributed by atoms with Gasteiger partial charge < -0.3 is 15.7 Å². The summed E-state index contributed by atoms with van der Waals surface area (Å²) in [5.74, 6) is -1.29. The molecule has 1 amide bonds. The number of carbonyl (C=O) groups is 2. The molecule has 0 aliphatic carbocycles. The van der Waals surface area contributed by atoms with E-state index in [9.17, 15) is 14.7 Å². The van der Waals surface area contributed by atoms with Crippen LogP contribution in [-0.2, 0) is 4.79 Å². The van der Waals surface area contributed by atoms with E-state index in [1.165, 1.54) is 6.07 Å². The Morgan fingerprint density at radius 3 is 2.81 bits per heavy atom. The van der Waals surface area contributed by atoms with Gasteiger partial charge in [-0.2, -0.15) is 0 Å². The van der Waals surface area contributed by atoms with E-state index < -0.39 is 11.4 Å². The number of carboxylic acids is 1. The monoisotopic (exact) mass is 310 g/mol. The molecular weight excluding hydrogens is 292 g/mol. The van der Waals surface area contributed by atoms with Gasteiger partial charge in [0.25, 0.3) is 0 Å². The van der Waals surface area contributed by atoms with Crippen molar-refractivity contribution in [2.45, 2.75) is 26.2 Å². The Morgan fingerprint density at radius 2 is 2.24 bits per heavy atom. The van der Waals surface area contributed by atoms with Crippen LogP contribution < -0.4 is 10.6 Å². The van der Waals surface area contributed by atoms with E-state index in [-0.39, 0.29) is 22.2 Å². The van der Waals surface area contributed by atoms with Crippen LogP contribution in [0, 0.1) is 5.41 Å². The molecule has 0 radical (unpaired) electrons. The predicted octanol–water partition coefficient (Wildman–Crippen LogP) is 2.76. The number of nitrogens with one attached hydrogen (secondary N) is 2. The maximum absolute atomic E-state index is 12.6. The molecule has 1 fully saturated rings. The number of aromatic carboxylic acids is 1. The van der Waals surface area contributed by atoms with Gasteiger partial charge >= 0.3 is 5.97 Å². The van der Waals surface area contributed by atoms with Gasteiger partial charge in [0, 0.05) is 6.54 Å². The third-order valence-electron chi connectivity index (χ3n) is 3.93. The Balaban J connectivity index is 2.27. The molecule has 0 spiro atoms. The van der Waals surface area contributed by atoms with Crippen molar-refractivity contribution in [2.75, 3.05) is 18.4 Å². The summed E-state index contributed by atoms with van der Waals surface area (Å²) in [7, 11) is 0. The van der Waals surface area contributed by atoms with E-state index in [1.54, 1.807) is 12.1 Å². The van der Waals surface area contributed by atoms with E-state index >= 15 is 0 Å². The molecule has 5 nitrogen and oxygen atoms in total. The van der Waals surface area contributed by atoms with Crippen LogP contribution in [0.4, 0.5) is 5.69 Å². The standard InChI is InChI=1S/C15H19ClN2O3/c1-2-6-15(7-8-17-9-15)14(21)18-11-5-3-4-10(16)12(11)13(19)20/h3-5,17H,2,6-9H2,1H3,(H,18,21)(H,19,20). The first-order valence-electron chi connectivity index (χ1n) is 7.04. The minimum absolute atomic E-state index is 0.0647. The first kappa shape index (κ1) is 15.8. The van der Waals surface area contributed by atoms with E-state index in [2.05, 4.69) is 10.6 Å². The quantitative estimate of drug-likeness (QED) is 0.781. The van der Waals surface area contributed by atoms with Gasteiger partial charge in [-0.3, -0.25) is 4.79 Å². The van der Waals surface area contributed by atoms with Crippen LogP contribution in [0.2, 0.25) is 5.02 Å². The molecule has 0 saturated carbocycles. The van der Waals surface area contributed by atoms with Gasteiger partial charge in [-0.15, -0.1) is 0 Å². The summed E-state index contributed by atoms with van der Waals surface area (Å²) in [6.07, 6.45) is 2.43. The largest absolute Gasteiger partial charge is 0.478 e. The Bertz CT molecular complexity index is 554. The van der Waals surface area contributed by atoms with Crippen molar-refractivity contribution < 1.29 is 14.7 Å². The summed E-state index contributed by atoms with van der Waals surface area (Å²) in [5.41, 5.74) is -0.278. The molecule has 1 saturated heterocycles. The number of benzene rings is 1. The van der Waals surface area contributed by atoms with Crippen LogP contribution in [0.3, 0.4) is 0 Å². The average molecular weight is 311 g/mol. The first-order valence-corrected chi connectivity index (χ1v) is 7.42. The molecule has 0 aromatic heterocycles. The molecule has 1 aromatic carbocycles. The third kappa shape index (κ3) is 3.19. The zero-order chi connectivity index (χ0) is 15.5. The Kier molecular flexibility index (Phi) is 4.85. The fourth-order valence-corrected chi connectivity index (χ4v) is 3.10. The highest BCUT2D eigenvalue weighted by Crippen LogP contribution is 2.34. The number of amides is 1. The van der Waals surface area contributed by atoms with E-state index in [0.717, 1.165) is 25.8 Å². The maximum Gasteiger partial charge on any atom is 0.339 e. The highest BCUT2D eigenvalue weighted by molar-refractivity contribution is 6.34. The Morgan fingerprint density at radius 1 is 1.48 bits per heavy atom. The average Bonchev–Trinajstić information content (AvgIpc) is 2.88. The van der Waals surface area contributed by atoms with Crippen LogP contribution in [0.25, 0.3) is 0 Å². The fraction of sp³-hybridized carbons (Fsp3) is 0.467. The van der Waals surface area contributed by atoms with Gasteiger partial charge in [0.2, 0.25) is 5.91 Å². The summed E-state index contributed by atoms with van der Waals surface area (Å²) in [6.45, 7) is 3.46. The lowest BCUT2D eigenvalue weighted by molar-refractivity contribution is -0.125. The van der Waals surface area contributed by atoms with Crippen LogP contribution in [0.15, 0.2) is 18.2 Å². The number of carbonyl (C=O) groups excluding carboxylic acids is 1. The molecule has 1 aliphatic heterocycles. The second-order valence-corrected chi connectivity index (χ2v) is 5.79. The number of rotatable bonds is 5. The highest BCUT2D eigenvalue weighted by Gasteiger charge is 2.40. The minimum Gasteiger partial charge on any atom is -0.478 e. The van der Waals surface area contributed by atoms with Gasteiger partial charge in [0.05, 0.1) is 16.1 Å². The molecule has 0 bridgehead atoms. The molecule has 6 heteroatoms. The molecule has 21 heavy (non-hydrogen) atoms. The number of carboxylic acid groups (broad SMARTS) is 1. The predicted molar refractivity (Wildman–Crippen MR) is 81.9 cm³/mol. The summed E-state index contributed by atoms with van der Waals surface area (Å²) in [5, 5.41) is 15.3. The van der Waals surface area contributed by atoms with Crippen molar-refractivity contribution in [1.29, 1.82) is 0 Å². The topological polar surface area (TPSA) is 78.4 Å². The zero-order valence-corrected chi connectivity index (χ0v) is 12.7. The van der Waals surface area contributed by atoms with E-state index in [0.29, 0.717) is 6.54 Å². The molecule has 1 aromatic rings. The molecule has 1 heterocycles. The SMILES string of the molecule is CCCC1(C(=O)Nc2cccc(Cl)c2C(=O)O)CCNC1. The highest BCUT2D eigenvalue weighted by atomic mass is 35.5. The lowest BCUT2D eigenvalue weighted by atomic mass is 9.81. The van der Waals surface area contributed by atoms with Crippen molar-refractivity contribution in [2.24, 2.45) is 5.41 Å². The smallest absolute Gasteiger partial charge is 0.339 e. The lowest BCUT2D eigenvalue weighted by Gasteiger charge is -2.26. The summed E-state index contributed by atoms with van der Waals surface area (Å²) in [4.78, 5) is 23.9. The number of hydrogen-bond donors (Lipinski definition) is 3. The van der Waals surface area contributed by atoms with Gasteiger partial charge in [-0.1, -0.05) is 31.0 Å². The van der Waals surface area contributed by atoms with Gasteiger partial charge in [-0.25, -0.2) is 4.79 Å². The van der Waals surface area contributed by atoms with Crippen molar-refractivity contribution in [3.8, 4) is 0 Å². The minimum atomic E-state index is -1.15. The number of anilines is 1. The van der Waals surface area contributed by atoms with E-state index in [1.807, 2.05) is 6.92 Å². The van der Waals surface area contributed by atoms with Crippen molar-refractivity contribution >= 4 is 29.2 Å². The van der Waals surface area contributed by atoms with Crippen LogP contribution in [0.5, 0.6) is 0 Å². The van der Waals surface area contributed by atoms with Crippen LogP contribution in [0.1, 0.15) is 36.5 Å². The molecule has 1 aliphatic rings. The second-order valence-electron chi connectivity index (χ2n) is 5.38. The van der Waals surface area contributed by atoms with Crippen molar-refractivity contribution in [3.05, 3.63) is 28.8 Å². The maximum atomic E-state index is 12.6. The van der Waals surface area contributed by atoms with Crippen LogP contribution >= 0.6 is 11.6 Å². The summed E-state index contributed by atoms with van der Waals surface area (Å²) >= 11 is 5.92. The molecule has 2 rings (SSSR count). The van der Waals surface area contributed by atoms with Gasteiger partial charge in [0.1, 0.15) is 5.56 Å². The van der Waals surface area contributed by atoms with Gasteiger partial charge in [0.15, 0.2) is 0 Å². The molecule has 114 valence electrons. The molecular formula is C15H19ClN2O3. The molecule has 3 N–H and O–H groups in total. The van der Waals surface area contributed by atoms with Gasteiger partial charge in [-0.05, 0) is 31.5 Å². The summed E-state index contributed by atoms with van der Waals surface area (Å²) in [6, 6.07) is 4.69. The normalized spacial score (nSPS) is 21.2. The van der Waals surface area contributed by atoms with E-state index in [4.69, 9.17) is 11.6 Å². The first-order chi connectivity index (χ1) is 10.00. The van der Waals surface area contributed by atoms with Crippen LogP contribution in [-0.4, -0.2) is 30.1 Å². The lowest BCUT2D eigenvalue weighted by Crippen LogP contribution is -2.38. The Labute approximate surface area is 128 Å². The van der Waals surface area contributed by atoms with Crippen molar-refractivity contribution in [3.63, 3.8) is 0 Å². The second kappa shape index (κ2) is 6.45. The van der Waals surface area contributed by atoms with Crippen molar-refractivity contribution in [1.82, 2.24) is 5.32 Å². The number of halogens is 1. The number of hydrogen-bond acceptors (Lipinski definition) is 3. The third-order valence-corrected chi connectivity index (χ3v) is 4.24. The Hall–Kier alpha value is -1.59. The summed E-state index contributed by atoms with van der Waals surface area (Å²) < 4.78 is 0. The molecule has 1 unspecified atom stereocenters. The fourth-order valence-electron chi connectivity index (χ4n) is 2.84.